The first kappa shape index (κ1) is 13.4. The van der Waals surface area contributed by atoms with Gasteiger partial charge in [0.2, 0.25) is 0 Å². The molecule has 1 aromatic heterocycles. The predicted octanol–water partition coefficient (Wildman–Crippen LogP) is 3.16. The summed E-state index contributed by atoms with van der Waals surface area (Å²) < 4.78 is 0. The molecule has 2 fully saturated rings. The Morgan fingerprint density at radius 1 is 1.19 bits per heavy atom. The molecule has 3 heterocycles. The Morgan fingerprint density at radius 3 is 2.90 bits per heavy atom. The molecule has 4 heteroatoms. The molecule has 2 atom stereocenters. The summed E-state index contributed by atoms with van der Waals surface area (Å²) in [4.78, 5) is 11.0. The Balaban J connectivity index is 1.60. The van der Waals surface area contributed by atoms with Gasteiger partial charge in [-0.1, -0.05) is 30.3 Å². The highest BCUT2D eigenvalue weighted by Gasteiger charge is 2.36. The van der Waals surface area contributed by atoms with E-state index in [1.807, 2.05) is 11.7 Å². The van der Waals surface area contributed by atoms with Crippen molar-refractivity contribution in [2.75, 3.05) is 19.6 Å². The first-order valence-corrected chi connectivity index (χ1v) is 8.68. The Labute approximate surface area is 130 Å². The molecular formula is C17H21N3S. The summed E-state index contributed by atoms with van der Waals surface area (Å²) >= 11 is 1.77. The lowest BCUT2D eigenvalue weighted by Crippen LogP contribution is -2.51. The van der Waals surface area contributed by atoms with Crippen molar-refractivity contribution in [2.24, 2.45) is 0 Å². The number of thiazole rings is 1. The zero-order valence-electron chi connectivity index (χ0n) is 12.2. The summed E-state index contributed by atoms with van der Waals surface area (Å²) in [5.74, 6) is 0. The standard InChI is InChI=1S/C17H21N3S/c1-2-5-14(6-3-1)17-12-19-8-4-7-15(19)10-20(17)11-16-9-18-13-21-16/h1-3,5-6,9,13,15,17H,4,7-8,10-12H2. The van der Waals surface area contributed by atoms with E-state index >= 15 is 0 Å². The fourth-order valence-electron chi connectivity index (χ4n) is 3.76. The third-order valence-electron chi connectivity index (χ3n) is 4.82. The van der Waals surface area contributed by atoms with Crippen LogP contribution in [0.1, 0.15) is 29.3 Å². The third-order valence-corrected chi connectivity index (χ3v) is 5.58. The smallest absolute Gasteiger partial charge is 0.0794 e. The van der Waals surface area contributed by atoms with Crippen LogP contribution >= 0.6 is 11.3 Å². The average Bonchev–Trinajstić information content (AvgIpc) is 3.18. The summed E-state index contributed by atoms with van der Waals surface area (Å²) in [5.41, 5.74) is 3.39. The number of piperazine rings is 1. The summed E-state index contributed by atoms with van der Waals surface area (Å²) in [6.07, 6.45) is 4.75. The van der Waals surface area contributed by atoms with Gasteiger partial charge in [0, 0.05) is 42.8 Å². The van der Waals surface area contributed by atoms with E-state index in [1.165, 1.54) is 42.9 Å². The number of fused-ring (bicyclic) bond motifs is 1. The average molecular weight is 299 g/mol. The minimum absolute atomic E-state index is 0.516. The van der Waals surface area contributed by atoms with Crippen LogP contribution in [-0.2, 0) is 6.54 Å². The lowest BCUT2D eigenvalue weighted by atomic mass is 10.00. The number of hydrogen-bond donors (Lipinski definition) is 0. The molecule has 21 heavy (non-hydrogen) atoms. The number of nitrogens with zero attached hydrogens (tertiary/aromatic N) is 3. The minimum atomic E-state index is 0.516. The van der Waals surface area contributed by atoms with Gasteiger partial charge in [-0.2, -0.15) is 0 Å². The van der Waals surface area contributed by atoms with Gasteiger partial charge in [-0.3, -0.25) is 14.8 Å². The SMILES string of the molecule is c1ccc(C2CN3CCCC3CN2Cc2cncs2)cc1. The molecule has 2 aromatic rings. The maximum absolute atomic E-state index is 4.23. The predicted molar refractivity (Wildman–Crippen MR) is 86.3 cm³/mol. The van der Waals surface area contributed by atoms with Gasteiger partial charge in [0.25, 0.3) is 0 Å². The van der Waals surface area contributed by atoms with Gasteiger partial charge < -0.3 is 0 Å². The van der Waals surface area contributed by atoms with Crippen molar-refractivity contribution in [1.82, 2.24) is 14.8 Å². The third kappa shape index (κ3) is 2.76. The summed E-state index contributed by atoms with van der Waals surface area (Å²) in [6, 6.07) is 12.3. The van der Waals surface area contributed by atoms with Gasteiger partial charge in [-0.25, -0.2) is 0 Å². The summed E-state index contributed by atoms with van der Waals surface area (Å²) in [7, 11) is 0. The van der Waals surface area contributed by atoms with Crippen LogP contribution in [0.25, 0.3) is 0 Å². The Hall–Kier alpha value is -1.23. The van der Waals surface area contributed by atoms with E-state index in [2.05, 4.69) is 45.1 Å². The second-order valence-corrected chi connectivity index (χ2v) is 7.09. The Bertz CT molecular complexity index is 569. The fourth-order valence-corrected chi connectivity index (χ4v) is 4.38. The molecule has 0 amide bonds. The number of benzene rings is 1. The fraction of sp³-hybridized carbons (Fsp3) is 0.471. The van der Waals surface area contributed by atoms with Crippen molar-refractivity contribution in [2.45, 2.75) is 31.5 Å². The summed E-state index contributed by atoms with van der Waals surface area (Å²) in [6.45, 7) is 4.68. The molecule has 0 spiro atoms. The van der Waals surface area contributed by atoms with Crippen LogP contribution in [-0.4, -0.2) is 40.5 Å². The van der Waals surface area contributed by atoms with Gasteiger partial charge in [0.15, 0.2) is 0 Å². The van der Waals surface area contributed by atoms with Crippen molar-refractivity contribution in [3.05, 3.63) is 52.5 Å². The van der Waals surface area contributed by atoms with E-state index in [1.54, 1.807) is 11.3 Å². The molecule has 2 aliphatic heterocycles. The molecule has 0 saturated carbocycles. The molecule has 2 aliphatic rings. The first-order chi connectivity index (χ1) is 10.4. The van der Waals surface area contributed by atoms with Crippen LogP contribution in [0.15, 0.2) is 42.0 Å². The van der Waals surface area contributed by atoms with Gasteiger partial charge in [0.05, 0.1) is 5.51 Å². The molecule has 2 saturated heterocycles. The topological polar surface area (TPSA) is 19.4 Å². The highest BCUT2D eigenvalue weighted by atomic mass is 32.1. The highest BCUT2D eigenvalue weighted by molar-refractivity contribution is 7.09. The molecule has 0 aliphatic carbocycles. The van der Waals surface area contributed by atoms with Crippen molar-refractivity contribution in [1.29, 1.82) is 0 Å². The van der Waals surface area contributed by atoms with Crippen LogP contribution < -0.4 is 0 Å². The van der Waals surface area contributed by atoms with Crippen LogP contribution in [0.5, 0.6) is 0 Å². The number of hydrogen-bond acceptors (Lipinski definition) is 4. The van der Waals surface area contributed by atoms with Gasteiger partial charge in [-0.05, 0) is 24.9 Å². The quantitative estimate of drug-likeness (QED) is 0.868. The van der Waals surface area contributed by atoms with E-state index in [-0.39, 0.29) is 0 Å². The minimum Gasteiger partial charge on any atom is -0.297 e. The van der Waals surface area contributed by atoms with Crippen LogP contribution in [0.3, 0.4) is 0 Å². The highest BCUT2D eigenvalue weighted by Crippen LogP contribution is 2.33. The van der Waals surface area contributed by atoms with Crippen molar-refractivity contribution in [3.8, 4) is 0 Å². The molecule has 0 N–H and O–H groups in total. The van der Waals surface area contributed by atoms with Crippen LogP contribution in [0, 0.1) is 0 Å². The van der Waals surface area contributed by atoms with E-state index < -0.39 is 0 Å². The molecule has 3 nitrogen and oxygen atoms in total. The van der Waals surface area contributed by atoms with Gasteiger partial charge >= 0.3 is 0 Å². The molecule has 110 valence electrons. The van der Waals surface area contributed by atoms with Crippen molar-refractivity contribution < 1.29 is 0 Å². The van der Waals surface area contributed by atoms with Gasteiger partial charge in [-0.15, -0.1) is 11.3 Å². The molecular weight excluding hydrogens is 278 g/mol. The maximum atomic E-state index is 4.23. The summed E-state index contributed by atoms with van der Waals surface area (Å²) in [5, 5.41) is 0. The van der Waals surface area contributed by atoms with E-state index in [0.717, 1.165) is 12.6 Å². The largest absolute Gasteiger partial charge is 0.297 e. The van der Waals surface area contributed by atoms with Crippen LogP contribution in [0.4, 0.5) is 0 Å². The molecule has 0 radical (unpaired) electrons. The van der Waals surface area contributed by atoms with Crippen molar-refractivity contribution >= 4 is 11.3 Å². The lowest BCUT2D eigenvalue weighted by molar-refractivity contribution is 0.0454. The Kier molecular flexibility index (Phi) is 3.76. The van der Waals surface area contributed by atoms with E-state index in [4.69, 9.17) is 0 Å². The number of aromatic nitrogens is 1. The molecule has 0 bridgehead atoms. The van der Waals surface area contributed by atoms with E-state index in [0.29, 0.717) is 6.04 Å². The second kappa shape index (κ2) is 5.87. The normalized spacial score (nSPS) is 26.9. The van der Waals surface area contributed by atoms with E-state index in [9.17, 15) is 0 Å². The Morgan fingerprint density at radius 2 is 2.10 bits per heavy atom. The second-order valence-electron chi connectivity index (χ2n) is 6.11. The van der Waals surface area contributed by atoms with Gasteiger partial charge in [0.1, 0.15) is 0 Å². The zero-order chi connectivity index (χ0) is 14.1. The first-order valence-electron chi connectivity index (χ1n) is 7.80. The number of rotatable bonds is 3. The maximum Gasteiger partial charge on any atom is 0.0794 e. The molecule has 1 aromatic carbocycles. The van der Waals surface area contributed by atoms with Crippen LogP contribution in [0.2, 0.25) is 0 Å². The molecule has 2 unspecified atom stereocenters. The monoisotopic (exact) mass is 299 g/mol. The van der Waals surface area contributed by atoms with Crippen molar-refractivity contribution in [3.63, 3.8) is 0 Å². The molecule has 4 rings (SSSR count). The zero-order valence-corrected chi connectivity index (χ0v) is 13.0. The lowest BCUT2D eigenvalue weighted by Gasteiger charge is -2.43.